The van der Waals surface area contributed by atoms with Crippen molar-refractivity contribution in [3.05, 3.63) is 33.0 Å². The maximum Gasteiger partial charge on any atom is 0.146 e. The topological polar surface area (TPSA) is 20.2 Å². The summed E-state index contributed by atoms with van der Waals surface area (Å²) in [7, 11) is 0. The van der Waals surface area contributed by atoms with Gasteiger partial charge in [0.05, 0.1) is 11.1 Å². The Kier molecular flexibility index (Phi) is 3.88. The fourth-order valence-corrected chi connectivity index (χ4v) is 2.78. The van der Waals surface area contributed by atoms with Crippen molar-refractivity contribution >= 4 is 27.5 Å². The molecule has 1 fully saturated rings. The highest BCUT2D eigenvalue weighted by Gasteiger charge is 2.25. The van der Waals surface area contributed by atoms with Gasteiger partial charge < -0.3 is 5.11 Å². The molecule has 0 radical (unpaired) electrons. The largest absolute Gasteiger partial charge is 0.393 e. The Bertz CT molecular complexity index is 397. The SMILES string of the molecule is OC1CCCC(c2ccc(Br)c(Cl)c2F)C1. The van der Waals surface area contributed by atoms with E-state index >= 15 is 0 Å². The van der Waals surface area contributed by atoms with Gasteiger partial charge in [0.15, 0.2) is 0 Å². The van der Waals surface area contributed by atoms with E-state index in [1.54, 1.807) is 12.1 Å². The van der Waals surface area contributed by atoms with Crippen molar-refractivity contribution in [1.82, 2.24) is 0 Å². The summed E-state index contributed by atoms with van der Waals surface area (Å²) in [5.41, 5.74) is 0.631. The summed E-state index contributed by atoms with van der Waals surface area (Å²) in [6.07, 6.45) is 3.02. The summed E-state index contributed by atoms with van der Waals surface area (Å²) in [6, 6.07) is 3.52. The Balaban J connectivity index is 2.29. The molecular formula is C12H13BrClFO. The molecule has 1 aromatic rings. The molecule has 0 bridgehead atoms. The van der Waals surface area contributed by atoms with E-state index in [1.165, 1.54) is 0 Å². The zero-order chi connectivity index (χ0) is 11.7. The van der Waals surface area contributed by atoms with Crippen molar-refractivity contribution in [1.29, 1.82) is 0 Å². The van der Waals surface area contributed by atoms with Crippen LogP contribution in [0.1, 0.15) is 37.2 Å². The number of benzene rings is 1. The number of aliphatic hydroxyl groups excluding tert-OH is 1. The second kappa shape index (κ2) is 5.03. The predicted molar refractivity (Wildman–Crippen MR) is 66.3 cm³/mol. The lowest BCUT2D eigenvalue weighted by atomic mass is 9.82. The Morgan fingerprint density at radius 2 is 2.12 bits per heavy atom. The molecule has 0 aromatic heterocycles. The molecule has 0 spiro atoms. The molecular weight excluding hydrogens is 294 g/mol. The van der Waals surface area contributed by atoms with Crippen LogP contribution in [0.25, 0.3) is 0 Å². The molecule has 1 N–H and O–H groups in total. The van der Waals surface area contributed by atoms with Gasteiger partial charge in [-0.05, 0) is 52.7 Å². The first-order chi connectivity index (χ1) is 7.59. The Morgan fingerprint density at radius 1 is 1.38 bits per heavy atom. The van der Waals surface area contributed by atoms with Crippen LogP contribution in [-0.4, -0.2) is 11.2 Å². The summed E-state index contributed by atoms with van der Waals surface area (Å²) in [6.45, 7) is 0. The summed E-state index contributed by atoms with van der Waals surface area (Å²) in [5, 5.41) is 9.73. The van der Waals surface area contributed by atoms with Crippen molar-refractivity contribution in [2.45, 2.75) is 37.7 Å². The number of aliphatic hydroxyl groups is 1. The van der Waals surface area contributed by atoms with E-state index in [0.29, 0.717) is 16.5 Å². The van der Waals surface area contributed by atoms with Crippen molar-refractivity contribution < 1.29 is 9.50 Å². The quantitative estimate of drug-likeness (QED) is 0.769. The molecule has 1 aromatic carbocycles. The van der Waals surface area contributed by atoms with E-state index in [4.69, 9.17) is 11.6 Å². The number of hydrogen-bond donors (Lipinski definition) is 1. The Hall–Kier alpha value is -0.120. The van der Waals surface area contributed by atoms with E-state index in [1.807, 2.05) is 0 Å². The van der Waals surface area contributed by atoms with Gasteiger partial charge >= 0.3 is 0 Å². The second-order valence-electron chi connectivity index (χ2n) is 4.28. The van der Waals surface area contributed by atoms with Crippen LogP contribution in [0.4, 0.5) is 4.39 Å². The fraction of sp³-hybridized carbons (Fsp3) is 0.500. The van der Waals surface area contributed by atoms with Gasteiger partial charge in [0.1, 0.15) is 5.82 Å². The van der Waals surface area contributed by atoms with Crippen LogP contribution in [0.5, 0.6) is 0 Å². The third-order valence-electron chi connectivity index (χ3n) is 3.15. The summed E-state index contributed by atoms with van der Waals surface area (Å²) in [4.78, 5) is 0. The lowest BCUT2D eigenvalue weighted by Gasteiger charge is -2.26. The van der Waals surface area contributed by atoms with Crippen LogP contribution in [0.2, 0.25) is 5.02 Å². The highest BCUT2D eigenvalue weighted by Crippen LogP contribution is 2.37. The molecule has 0 heterocycles. The molecule has 2 atom stereocenters. The van der Waals surface area contributed by atoms with Crippen molar-refractivity contribution in [2.75, 3.05) is 0 Å². The zero-order valence-corrected chi connectivity index (χ0v) is 11.1. The van der Waals surface area contributed by atoms with Crippen LogP contribution in [0.3, 0.4) is 0 Å². The van der Waals surface area contributed by atoms with E-state index < -0.39 is 0 Å². The first-order valence-corrected chi connectivity index (χ1v) is 6.58. The molecule has 1 aliphatic rings. The summed E-state index contributed by atoms with van der Waals surface area (Å²) >= 11 is 9.05. The number of hydrogen-bond acceptors (Lipinski definition) is 1. The van der Waals surface area contributed by atoms with Gasteiger partial charge in [-0.1, -0.05) is 24.1 Å². The molecule has 1 saturated carbocycles. The van der Waals surface area contributed by atoms with Gasteiger partial charge in [-0.3, -0.25) is 0 Å². The highest BCUT2D eigenvalue weighted by molar-refractivity contribution is 9.10. The maximum atomic E-state index is 13.9. The molecule has 1 nitrogen and oxygen atoms in total. The Labute approximate surface area is 108 Å². The van der Waals surface area contributed by atoms with Crippen molar-refractivity contribution in [3.8, 4) is 0 Å². The standard InChI is InChI=1S/C12H13BrClFO/c13-10-5-4-9(12(15)11(10)14)7-2-1-3-8(16)6-7/h4-5,7-8,16H,1-3,6H2. The van der Waals surface area contributed by atoms with Crippen LogP contribution < -0.4 is 0 Å². The van der Waals surface area contributed by atoms with Gasteiger partial charge in [-0.2, -0.15) is 0 Å². The molecule has 88 valence electrons. The third kappa shape index (κ3) is 2.41. The fourth-order valence-electron chi connectivity index (χ4n) is 2.30. The predicted octanol–water partition coefficient (Wildman–Crippen LogP) is 4.26. The smallest absolute Gasteiger partial charge is 0.146 e. The minimum Gasteiger partial charge on any atom is -0.393 e. The van der Waals surface area contributed by atoms with E-state index in [2.05, 4.69) is 15.9 Å². The zero-order valence-electron chi connectivity index (χ0n) is 8.72. The first kappa shape index (κ1) is 12.3. The average molecular weight is 308 g/mol. The molecule has 2 rings (SSSR count). The lowest BCUT2D eigenvalue weighted by molar-refractivity contribution is 0.119. The van der Waals surface area contributed by atoms with Crippen LogP contribution in [-0.2, 0) is 0 Å². The highest BCUT2D eigenvalue weighted by atomic mass is 79.9. The van der Waals surface area contributed by atoms with E-state index in [9.17, 15) is 9.50 Å². The van der Waals surface area contributed by atoms with Gasteiger partial charge in [0, 0.05) is 4.47 Å². The minimum atomic E-state index is -0.352. The Morgan fingerprint density at radius 3 is 2.81 bits per heavy atom. The van der Waals surface area contributed by atoms with E-state index in [0.717, 1.165) is 19.3 Å². The monoisotopic (exact) mass is 306 g/mol. The molecule has 0 amide bonds. The van der Waals surface area contributed by atoms with Gasteiger partial charge in [0.25, 0.3) is 0 Å². The average Bonchev–Trinajstić information content (AvgIpc) is 2.26. The van der Waals surface area contributed by atoms with E-state index in [-0.39, 0.29) is 22.9 Å². The molecule has 0 aliphatic heterocycles. The minimum absolute atomic E-state index is 0.0920. The molecule has 0 saturated heterocycles. The second-order valence-corrected chi connectivity index (χ2v) is 5.51. The summed E-state index contributed by atoms with van der Waals surface area (Å²) < 4.78 is 14.5. The van der Waals surface area contributed by atoms with Crippen LogP contribution in [0, 0.1) is 5.82 Å². The third-order valence-corrected chi connectivity index (χ3v) is 4.41. The van der Waals surface area contributed by atoms with Crippen LogP contribution in [0.15, 0.2) is 16.6 Å². The lowest BCUT2D eigenvalue weighted by Crippen LogP contribution is -2.19. The van der Waals surface area contributed by atoms with Gasteiger partial charge in [-0.25, -0.2) is 4.39 Å². The van der Waals surface area contributed by atoms with Crippen molar-refractivity contribution in [2.24, 2.45) is 0 Å². The molecule has 1 aliphatic carbocycles. The first-order valence-electron chi connectivity index (χ1n) is 5.41. The number of rotatable bonds is 1. The normalized spacial score (nSPS) is 25.8. The van der Waals surface area contributed by atoms with Crippen LogP contribution >= 0.6 is 27.5 Å². The number of halogens is 3. The van der Waals surface area contributed by atoms with Gasteiger partial charge in [-0.15, -0.1) is 0 Å². The molecule has 4 heteroatoms. The van der Waals surface area contributed by atoms with Gasteiger partial charge in [0.2, 0.25) is 0 Å². The van der Waals surface area contributed by atoms with Crippen molar-refractivity contribution in [3.63, 3.8) is 0 Å². The summed E-state index contributed by atoms with van der Waals surface area (Å²) in [5.74, 6) is -0.260. The molecule has 16 heavy (non-hydrogen) atoms. The molecule has 2 unspecified atom stereocenters. The maximum absolute atomic E-state index is 13.9.